The molecule has 23 heavy (non-hydrogen) atoms. The molecule has 114 valence electrons. The Morgan fingerprint density at radius 3 is 2.91 bits per heavy atom. The van der Waals surface area contributed by atoms with Crippen molar-refractivity contribution in [2.75, 3.05) is 5.32 Å². The number of fused-ring (bicyclic) bond motifs is 1. The summed E-state index contributed by atoms with van der Waals surface area (Å²) in [5.74, 6) is 0.199. The Bertz CT molecular complexity index is 912. The molecule has 1 fully saturated rings. The first kappa shape index (κ1) is 13.6. The summed E-state index contributed by atoms with van der Waals surface area (Å²) in [7, 11) is 0. The number of pyridine rings is 2. The molecule has 3 aromatic rings. The summed E-state index contributed by atoms with van der Waals surface area (Å²) >= 11 is 0. The molecule has 1 aliphatic rings. The summed E-state index contributed by atoms with van der Waals surface area (Å²) in [4.78, 5) is 31.2. The zero-order valence-corrected chi connectivity index (χ0v) is 12.3. The van der Waals surface area contributed by atoms with E-state index in [1.54, 1.807) is 18.5 Å². The van der Waals surface area contributed by atoms with Crippen molar-refractivity contribution in [1.29, 1.82) is 0 Å². The van der Waals surface area contributed by atoms with Crippen LogP contribution in [-0.2, 0) is 4.79 Å². The fourth-order valence-electron chi connectivity index (χ4n) is 2.53. The molecule has 3 heterocycles. The van der Waals surface area contributed by atoms with Crippen LogP contribution in [0, 0.1) is 5.92 Å². The number of aromatic nitrogens is 3. The van der Waals surface area contributed by atoms with Gasteiger partial charge in [-0.25, -0.2) is 4.98 Å². The Hall–Kier alpha value is -3.02. The van der Waals surface area contributed by atoms with Gasteiger partial charge in [0.1, 0.15) is 5.65 Å². The van der Waals surface area contributed by atoms with Crippen LogP contribution in [0.5, 0.6) is 0 Å². The van der Waals surface area contributed by atoms with E-state index in [2.05, 4.69) is 15.3 Å². The van der Waals surface area contributed by atoms with Gasteiger partial charge in [-0.05, 0) is 31.0 Å². The van der Waals surface area contributed by atoms with Crippen LogP contribution in [-0.4, -0.2) is 26.7 Å². The van der Waals surface area contributed by atoms with E-state index < -0.39 is 0 Å². The smallest absolute Gasteiger partial charge is 0.227 e. The predicted octanol–water partition coefficient (Wildman–Crippen LogP) is 2.58. The van der Waals surface area contributed by atoms with Gasteiger partial charge in [-0.3, -0.25) is 19.1 Å². The summed E-state index contributed by atoms with van der Waals surface area (Å²) in [6.45, 7) is 0. The molecule has 1 saturated carbocycles. The molecular formula is C17H14N4O2. The molecule has 6 nitrogen and oxygen atoms in total. The molecule has 0 bridgehead atoms. The molecule has 0 saturated heterocycles. The van der Waals surface area contributed by atoms with Gasteiger partial charge in [0.25, 0.3) is 0 Å². The zero-order valence-electron chi connectivity index (χ0n) is 12.3. The highest BCUT2D eigenvalue weighted by Gasteiger charge is 2.29. The summed E-state index contributed by atoms with van der Waals surface area (Å²) in [6.07, 6.45) is 9.45. The van der Waals surface area contributed by atoms with Gasteiger partial charge in [-0.15, -0.1) is 0 Å². The Labute approximate surface area is 132 Å². The Balaban J connectivity index is 1.69. The van der Waals surface area contributed by atoms with E-state index in [0.29, 0.717) is 11.3 Å². The van der Waals surface area contributed by atoms with Gasteiger partial charge in [0.2, 0.25) is 5.91 Å². The Morgan fingerprint density at radius 1 is 1.26 bits per heavy atom. The molecule has 6 heteroatoms. The minimum absolute atomic E-state index is 0.0510. The number of carbonyl (C=O) groups is 2. The number of amides is 1. The highest BCUT2D eigenvalue weighted by molar-refractivity contribution is 5.94. The number of hydrogen-bond donors (Lipinski definition) is 1. The van der Waals surface area contributed by atoms with Crippen LogP contribution in [0.2, 0.25) is 0 Å². The normalized spacial score (nSPS) is 13.9. The van der Waals surface area contributed by atoms with E-state index in [9.17, 15) is 9.59 Å². The largest absolute Gasteiger partial charge is 0.324 e. The zero-order chi connectivity index (χ0) is 15.8. The van der Waals surface area contributed by atoms with Crippen molar-refractivity contribution in [3.8, 4) is 5.69 Å². The third kappa shape index (κ3) is 2.59. The van der Waals surface area contributed by atoms with Crippen LogP contribution in [0.15, 0.2) is 43.0 Å². The summed E-state index contributed by atoms with van der Waals surface area (Å²) in [5, 5.41) is 3.77. The average Bonchev–Trinajstić information content (AvgIpc) is 3.34. The third-order valence-corrected chi connectivity index (χ3v) is 3.90. The Morgan fingerprint density at radius 2 is 2.13 bits per heavy atom. The number of nitrogens with one attached hydrogen (secondary N) is 1. The standard InChI is InChI=1S/C17H14N4O2/c22-10-11-5-13-3-4-21(16(13)19-7-11)15-6-14(8-18-9-15)20-17(23)12-1-2-12/h3-10,12H,1-2H2,(H,20,23). The van der Waals surface area contributed by atoms with E-state index in [1.165, 1.54) is 6.20 Å². The average molecular weight is 306 g/mol. The maximum atomic E-state index is 11.9. The summed E-state index contributed by atoms with van der Waals surface area (Å²) < 4.78 is 1.88. The SMILES string of the molecule is O=Cc1cnc2c(ccn2-c2cncc(NC(=O)C3CC3)c2)c1. The van der Waals surface area contributed by atoms with Gasteiger partial charge < -0.3 is 5.32 Å². The number of nitrogens with zero attached hydrogens (tertiary/aromatic N) is 3. The van der Waals surface area contributed by atoms with E-state index in [-0.39, 0.29) is 11.8 Å². The van der Waals surface area contributed by atoms with Gasteiger partial charge in [-0.2, -0.15) is 0 Å². The predicted molar refractivity (Wildman–Crippen MR) is 85.6 cm³/mol. The van der Waals surface area contributed by atoms with Gasteiger partial charge in [0, 0.05) is 29.3 Å². The number of hydrogen-bond acceptors (Lipinski definition) is 4. The lowest BCUT2D eigenvalue weighted by Crippen LogP contribution is -2.13. The first-order valence-corrected chi connectivity index (χ1v) is 7.43. The number of anilines is 1. The molecule has 0 radical (unpaired) electrons. The molecule has 3 aromatic heterocycles. The maximum absolute atomic E-state index is 11.9. The summed E-state index contributed by atoms with van der Waals surface area (Å²) in [6, 6.07) is 5.55. The van der Waals surface area contributed by atoms with E-state index in [0.717, 1.165) is 35.8 Å². The van der Waals surface area contributed by atoms with Crippen molar-refractivity contribution in [3.63, 3.8) is 0 Å². The van der Waals surface area contributed by atoms with Crippen molar-refractivity contribution in [2.45, 2.75) is 12.8 Å². The highest BCUT2D eigenvalue weighted by atomic mass is 16.2. The lowest BCUT2D eigenvalue weighted by Gasteiger charge is -2.08. The second-order valence-corrected chi connectivity index (χ2v) is 5.68. The van der Waals surface area contributed by atoms with Gasteiger partial charge in [0.05, 0.1) is 23.8 Å². The van der Waals surface area contributed by atoms with Gasteiger partial charge in [-0.1, -0.05) is 0 Å². The molecule has 1 aliphatic carbocycles. The fourth-order valence-corrected chi connectivity index (χ4v) is 2.53. The van der Waals surface area contributed by atoms with Crippen LogP contribution in [0.4, 0.5) is 5.69 Å². The molecule has 0 atom stereocenters. The topological polar surface area (TPSA) is 76.9 Å². The molecule has 1 amide bonds. The van der Waals surface area contributed by atoms with Crippen molar-refractivity contribution in [3.05, 3.63) is 48.5 Å². The van der Waals surface area contributed by atoms with Crippen molar-refractivity contribution in [2.24, 2.45) is 5.92 Å². The molecule has 0 aromatic carbocycles. The Kier molecular flexibility index (Phi) is 3.15. The lowest BCUT2D eigenvalue weighted by molar-refractivity contribution is -0.117. The van der Waals surface area contributed by atoms with Crippen LogP contribution in [0.25, 0.3) is 16.7 Å². The van der Waals surface area contributed by atoms with E-state index in [4.69, 9.17) is 0 Å². The van der Waals surface area contributed by atoms with E-state index >= 15 is 0 Å². The molecule has 1 N–H and O–H groups in total. The van der Waals surface area contributed by atoms with Crippen molar-refractivity contribution >= 4 is 28.9 Å². The minimum Gasteiger partial charge on any atom is -0.324 e. The fraction of sp³-hybridized carbons (Fsp3) is 0.176. The summed E-state index contributed by atoms with van der Waals surface area (Å²) in [5.41, 5.74) is 2.76. The highest BCUT2D eigenvalue weighted by Crippen LogP contribution is 2.30. The van der Waals surface area contributed by atoms with E-state index in [1.807, 2.05) is 22.9 Å². The molecule has 0 spiro atoms. The maximum Gasteiger partial charge on any atom is 0.227 e. The van der Waals surface area contributed by atoms with Crippen LogP contribution >= 0.6 is 0 Å². The number of carbonyl (C=O) groups excluding carboxylic acids is 2. The third-order valence-electron chi connectivity index (χ3n) is 3.90. The van der Waals surface area contributed by atoms with Crippen LogP contribution in [0.3, 0.4) is 0 Å². The van der Waals surface area contributed by atoms with Crippen molar-refractivity contribution in [1.82, 2.24) is 14.5 Å². The monoisotopic (exact) mass is 306 g/mol. The second kappa shape index (κ2) is 5.31. The quantitative estimate of drug-likeness (QED) is 0.752. The number of rotatable bonds is 4. The van der Waals surface area contributed by atoms with Crippen LogP contribution < -0.4 is 5.32 Å². The molecule has 0 aliphatic heterocycles. The number of aldehydes is 1. The lowest BCUT2D eigenvalue weighted by atomic mass is 10.2. The molecular weight excluding hydrogens is 292 g/mol. The first-order valence-electron chi connectivity index (χ1n) is 7.43. The molecule has 0 unspecified atom stereocenters. The first-order chi connectivity index (χ1) is 11.2. The van der Waals surface area contributed by atoms with Gasteiger partial charge in [0.15, 0.2) is 6.29 Å². The minimum atomic E-state index is 0.0510. The second-order valence-electron chi connectivity index (χ2n) is 5.68. The molecule has 4 rings (SSSR count). The van der Waals surface area contributed by atoms with Gasteiger partial charge >= 0.3 is 0 Å². The van der Waals surface area contributed by atoms with Crippen molar-refractivity contribution < 1.29 is 9.59 Å². The van der Waals surface area contributed by atoms with Crippen LogP contribution in [0.1, 0.15) is 23.2 Å².